The highest BCUT2D eigenvalue weighted by Crippen LogP contribution is 2.30. The predicted octanol–water partition coefficient (Wildman–Crippen LogP) is 1.25. The van der Waals surface area contributed by atoms with Crippen molar-refractivity contribution in [3.8, 4) is 0 Å². The fourth-order valence-electron chi connectivity index (χ4n) is 3.26. The average molecular weight is 357 g/mol. The van der Waals surface area contributed by atoms with E-state index in [-0.39, 0.29) is 17.8 Å². The number of rotatable bonds is 5. The van der Waals surface area contributed by atoms with Gasteiger partial charge in [0.1, 0.15) is 0 Å². The van der Waals surface area contributed by atoms with Gasteiger partial charge >= 0.3 is 0 Å². The molecule has 0 radical (unpaired) electrons. The number of hydrogen-bond donors (Lipinski definition) is 1. The minimum absolute atomic E-state index is 0.0855. The molecule has 7 heteroatoms. The van der Waals surface area contributed by atoms with Crippen molar-refractivity contribution >= 4 is 16.9 Å². The molecule has 2 heterocycles. The van der Waals surface area contributed by atoms with Gasteiger partial charge in [-0.1, -0.05) is 12.1 Å². The summed E-state index contributed by atoms with van der Waals surface area (Å²) in [6.07, 6.45) is 3.09. The van der Waals surface area contributed by atoms with E-state index in [1.165, 1.54) is 17.4 Å². The van der Waals surface area contributed by atoms with E-state index >= 15 is 0 Å². The van der Waals surface area contributed by atoms with Crippen molar-refractivity contribution in [1.29, 1.82) is 0 Å². The number of benzene rings is 1. The Hall–Kier alpha value is -2.25. The van der Waals surface area contributed by atoms with Crippen LogP contribution in [-0.2, 0) is 16.5 Å². The maximum absolute atomic E-state index is 12.7. The third-order valence-corrected chi connectivity index (χ3v) is 5.05. The number of carbonyl (C=O) groups is 1. The number of para-hydroxylation sites is 2. The van der Waals surface area contributed by atoms with Gasteiger partial charge in [-0.3, -0.25) is 9.59 Å². The summed E-state index contributed by atoms with van der Waals surface area (Å²) < 4.78 is 12.9. The molecule has 0 unspecified atom stereocenters. The lowest BCUT2D eigenvalue weighted by Gasteiger charge is -2.32. The zero-order valence-electron chi connectivity index (χ0n) is 14.8. The third-order valence-electron chi connectivity index (χ3n) is 5.05. The normalized spacial score (nSPS) is 23.1. The molecular formula is C19H23N3O4. The number of aryl methyl sites for hydroxylation is 1. The number of hydrogen-bond acceptors (Lipinski definition) is 5. The van der Waals surface area contributed by atoms with Crippen LogP contribution in [0.3, 0.4) is 0 Å². The molecule has 1 aromatic heterocycles. The standard InChI is InChI=1S/C19H23N3O4/c1-22-15-5-3-2-4-13(15)20-17(19(22)24)18(23)21-14-11-25-9-8-16(14)26-10-12-6-7-12/h2-5,12,14,16H,6-11H2,1H3,(H,21,23)/t14-,16+/m1/s1. The van der Waals surface area contributed by atoms with Crippen molar-refractivity contribution in [3.63, 3.8) is 0 Å². The second-order valence-corrected chi connectivity index (χ2v) is 7.07. The van der Waals surface area contributed by atoms with Crippen LogP contribution in [-0.4, -0.2) is 47.4 Å². The first-order chi connectivity index (χ1) is 12.6. The lowest BCUT2D eigenvalue weighted by molar-refractivity contribution is -0.0568. The average Bonchev–Trinajstić information content (AvgIpc) is 3.48. The van der Waals surface area contributed by atoms with Crippen molar-refractivity contribution in [2.75, 3.05) is 19.8 Å². The van der Waals surface area contributed by atoms with Crippen LogP contribution in [0.25, 0.3) is 11.0 Å². The molecule has 2 atom stereocenters. The molecule has 0 spiro atoms. The first-order valence-corrected chi connectivity index (χ1v) is 9.09. The Balaban J connectivity index is 1.54. The molecule has 26 heavy (non-hydrogen) atoms. The van der Waals surface area contributed by atoms with E-state index in [1.807, 2.05) is 18.2 Å². The van der Waals surface area contributed by atoms with Crippen LogP contribution in [0.2, 0.25) is 0 Å². The van der Waals surface area contributed by atoms with Crippen LogP contribution in [0.1, 0.15) is 29.8 Å². The molecular weight excluding hydrogens is 334 g/mol. The van der Waals surface area contributed by atoms with Gasteiger partial charge in [0.2, 0.25) is 0 Å². The number of ether oxygens (including phenoxy) is 2. The molecule has 1 aliphatic heterocycles. The highest BCUT2D eigenvalue weighted by Gasteiger charge is 2.31. The maximum atomic E-state index is 12.7. The Morgan fingerprint density at radius 3 is 2.96 bits per heavy atom. The molecule has 0 bridgehead atoms. The van der Waals surface area contributed by atoms with Gasteiger partial charge in [0, 0.05) is 20.3 Å². The molecule has 1 aliphatic carbocycles. The summed E-state index contributed by atoms with van der Waals surface area (Å²) in [5.74, 6) is 0.176. The van der Waals surface area contributed by atoms with Gasteiger partial charge in [0.05, 0.1) is 29.8 Å². The Bertz CT molecular complexity index is 875. The quantitative estimate of drug-likeness (QED) is 0.871. The Morgan fingerprint density at radius 1 is 1.35 bits per heavy atom. The van der Waals surface area contributed by atoms with Gasteiger partial charge in [-0.25, -0.2) is 4.98 Å². The molecule has 2 aliphatic rings. The summed E-state index contributed by atoms with van der Waals surface area (Å²) >= 11 is 0. The van der Waals surface area contributed by atoms with E-state index < -0.39 is 11.5 Å². The molecule has 1 saturated carbocycles. The lowest BCUT2D eigenvalue weighted by Crippen LogP contribution is -2.51. The molecule has 1 amide bonds. The number of fused-ring (bicyclic) bond motifs is 1. The summed E-state index contributed by atoms with van der Waals surface area (Å²) in [7, 11) is 1.65. The van der Waals surface area contributed by atoms with Gasteiger partial charge in [0.25, 0.3) is 11.5 Å². The molecule has 138 valence electrons. The Labute approximate surface area is 151 Å². The predicted molar refractivity (Wildman–Crippen MR) is 96.1 cm³/mol. The Morgan fingerprint density at radius 2 is 2.15 bits per heavy atom. The topological polar surface area (TPSA) is 82.5 Å². The van der Waals surface area contributed by atoms with E-state index in [0.29, 0.717) is 30.2 Å². The van der Waals surface area contributed by atoms with Gasteiger partial charge in [-0.05, 0) is 37.3 Å². The maximum Gasteiger partial charge on any atom is 0.282 e. The van der Waals surface area contributed by atoms with Gasteiger partial charge in [-0.15, -0.1) is 0 Å². The van der Waals surface area contributed by atoms with Crippen molar-refractivity contribution in [2.24, 2.45) is 13.0 Å². The molecule has 2 aromatic rings. The number of nitrogens with zero attached hydrogens (tertiary/aromatic N) is 2. The van der Waals surface area contributed by atoms with Gasteiger partial charge in [-0.2, -0.15) is 0 Å². The van der Waals surface area contributed by atoms with Crippen LogP contribution < -0.4 is 10.9 Å². The zero-order valence-corrected chi connectivity index (χ0v) is 14.8. The second kappa shape index (κ2) is 7.17. The minimum atomic E-state index is -0.480. The smallest absolute Gasteiger partial charge is 0.282 e. The van der Waals surface area contributed by atoms with E-state index in [0.717, 1.165) is 13.0 Å². The highest BCUT2D eigenvalue weighted by molar-refractivity contribution is 5.94. The SMILES string of the molecule is Cn1c(=O)c(C(=O)N[C@@H]2COCC[C@@H]2OCC2CC2)nc2ccccc21. The fraction of sp³-hybridized carbons (Fsp3) is 0.526. The lowest BCUT2D eigenvalue weighted by atomic mass is 10.1. The molecule has 4 rings (SSSR count). The largest absolute Gasteiger partial charge is 0.379 e. The van der Waals surface area contributed by atoms with Crippen LogP contribution in [0.15, 0.2) is 29.1 Å². The van der Waals surface area contributed by atoms with E-state index in [9.17, 15) is 9.59 Å². The Kier molecular flexibility index (Phi) is 4.74. The molecule has 7 nitrogen and oxygen atoms in total. The number of carbonyl (C=O) groups excluding carboxylic acids is 1. The number of aromatic nitrogens is 2. The zero-order chi connectivity index (χ0) is 18.1. The summed E-state index contributed by atoms with van der Waals surface area (Å²) in [5.41, 5.74) is 0.799. The first kappa shape index (κ1) is 17.2. The third kappa shape index (κ3) is 3.50. The van der Waals surface area contributed by atoms with Crippen LogP contribution in [0.4, 0.5) is 0 Å². The van der Waals surface area contributed by atoms with Crippen molar-refractivity contribution in [2.45, 2.75) is 31.4 Å². The van der Waals surface area contributed by atoms with Crippen LogP contribution in [0.5, 0.6) is 0 Å². The summed E-state index contributed by atoms with van der Waals surface area (Å²) in [6, 6.07) is 7.00. The van der Waals surface area contributed by atoms with Gasteiger partial charge < -0.3 is 19.4 Å². The van der Waals surface area contributed by atoms with Crippen LogP contribution >= 0.6 is 0 Å². The van der Waals surface area contributed by atoms with E-state index in [2.05, 4.69) is 10.3 Å². The highest BCUT2D eigenvalue weighted by atomic mass is 16.5. The van der Waals surface area contributed by atoms with Gasteiger partial charge in [0.15, 0.2) is 5.69 Å². The van der Waals surface area contributed by atoms with E-state index in [1.54, 1.807) is 13.1 Å². The number of amides is 1. The monoisotopic (exact) mass is 357 g/mol. The molecule has 2 fully saturated rings. The molecule has 1 N–H and O–H groups in total. The first-order valence-electron chi connectivity index (χ1n) is 9.09. The van der Waals surface area contributed by atoms with Crippen molar-refractivity contribution in [3.05, 3.63) is 40.3 Å². The second-order valence-electron chi connectivity index (χ2n) is 7.07. The van der Waals surface area contributed by atoms with E-state index in [4.69, 9.17) is 9.47 Å². The van der Waals surface area contributed by atoms with Crippen LogP contribution in [0, 0.1) is 5.92 Å². The fourth-order valence-corrected chi connectivity index (χ4v) is 3.26. The number of nitrogens with one attached hydrogen (secondary N) is 1. The minimum Gasteiger partial charge on any atom is -0.379 e. The van der Waals surface area contributed by atoms with Crippen molar-refractivity contribution < 1.29 is 14.3 Å². The summed E-state index contributed by atoms with van der Waals surface area (Å²) in [6.45, 7) is 1.74. The molecule has 1 aromatic carbocycles. The summed E-state index contributed by atoms with van der Waals surface area (Å²) in [5, 5.41) is 2.90. The molecule has 1 saturated heterocycles. The van der Waals surface area contributed by atoms with Crippen molar-refractivity contribution in [1.82, 2.24) is 14.9 Å². The summed E-state index contributed by atoms with van der Waals surface area (Å²) in [4.78, 5) is 29.6.